The second kappa shape index (κ2) is 5.44. The molecule has 2 aromatic rings. The summed E-state index contributed by atoms with van der Waals surface area (Å²) in [4.78, 5) is 0. The molecule has 0 aliphatic carbocycles. The molecule has 1 heterocycles. The fourth-order valence-corrected chi connectivity index (χ4v) is 1.72. The van der Waals surface area contributed by atoms with Crippen LogP contribution >= 0.6 is 0 Å². The third-order valence-corrected chi connectivity index (χ3v) is 2.89. The SMILES string of the molecule is Cc1c(CNc2cccc(OC(F)(F)F)c2)cnn1C. The van der Waals surface area contributed by atoms with Gasteiger partial charge in [0, 0.05) is 36.6 Å². The van der Waals surface area contributed by atoms with Gasteiger partial charge in [0.25, 0.3) is 0 Å². The quantitative estimate of drug-likeness (QED) is 0.937. The fraction of sp³-hybridized carbons (Fsp3) is 0.308. The maximum atomic E-state index is 12.1. The van der Waals surface area contributed by atoms with Crippen molar-refractivity contribution in [2.24, 2.45) is 7.05 Å². The monoisotopic (exact) mass is 285 g/mol. The lowest BCUT2D eigenvalue weighted by Crippen LogP contribution is -2.17. The van der Waals surface area contributed by atoms with Gasteiger partial charge in [-0.25, -0.2) is 0 Å². The van der Waals surface area contributed by atoms with Gasteiger partial charge in [0.1, 0.15) is 5.75 Å². The summed E-state index contributed by atoms with van der Waals surface area (Å²) in [6.07, 6.45) is -2.96. The molecule has 7 heteroatoms. The van der Waals surface area contributed by atoms with Crippen molar-refractivity contribution in [3.8, 4) is 5.75 Å². The molecule has 0 radical (unpaired) electrons. The van der Waals surface area contributed by atoms with E-state index in [1.807, 2.05) is 14.0 Å². The zero-order valence-electron chi connectivity index (χ0n) is 11.0. The normalized spacial score (nSPS) is 11.4. The minimum Gasteiger partial charge on any atom is -0.406 e. The van der Waals surface area contributed by atoms with Gasteiger partial charge in [0.2, 0.25) is 0 Å². The lowest BCUT2D eigenvalue weighted by Gasteiger charge is -2.11. The highest BCUT2D eigenvalue weighted by molar-refractivity contribution is 5.48. The van der Waals surface area contributed by atoms with Gasteiger partial charge in [-0.2, -0.15) is 5.10 Å². The van der Waals surface area contributed by atoms with E-state index in [0.29, 0.717) is 12.2 Å². The Morgan fingerprint density at radius 2 is 2.10 bits per heavy atom. The fourth-order valence-electron chi connectivity index (χ4n) is 1.72. The molecule has 4 nitrogen and oxygen atoms in total. The van der Waals surface area contributed by atoms with E-state index in [1.165, 1.54) is 18.2 Å². The van der Waals surface area contributed by atoms with Gasteiger partial charge in [-0.05, 0) is 19.1 Å². The highest BCUT2D eigenvalue weighted by Gasteiger charge is 2.31. The molecule has 0 bridgehead atoms. The second-order valence-corrected chi connectivity index (χ2v) is 4.31. The summed E-state index contributed by atoms with van der Waals surface area (Å²) >= 11 is 0. The molecule has 0 saturated heterocycles. The van der Waals surface area contributed by atoms with Gasteiger partial charge in [0.15, 0.2) is 0 Å². The number of alkyl halides is 3. The first-order chi connectivity index (χ1) is 9.35. The van der Waals surface area contributed by atoms with E-state index in [1.54, 1.807) is 16.9 Å². The molecule has 0 unspecified atom stereocenters. The molecule has 0 amide bonds. The van der Waals surface area contributed by atoms with E-state index in [2.05, 4.69) is 15.2 Å². The van der Waals surface area contributed by atoms with Crippen LogP contribution in [0, 0.1) is 6.92 Å². The Kier molecular flexibility index (Phi) is 3.87. The van der Waals surface area contributed by atoms with Gasteiger partial charge in [0.05, 0.1) is 6.20 Å². The summed E-state index contributed by atoms with van der Waals surface area (Å²) in [5, 5.41) is 7.14. The predicted molar refractivity (Wildman–Crippen MR) is 68.4 cm³/mol. The summed E-state index contributed by atoms with van der Waals surface area (Å²) < 4.78 is 42.0. The third-order valence-electron chi connectivity index (χ3n) is 2.89. The van der Waals surface area contributed by atoms with Crippen molar-refractivity contribution in [1.82, 2.24) is 9.78 Å². The number of benzene rings is 1. The average Bonchev–Trinajstić information content (AvgIpc) is 2.66. The van der Waals surface area contributed by atoms with E-state index in [-0.39, 0.29) is 5.75 Å². The summed E-state index contributed by atoms with van der Waals surface area (Å²) in [5.41, 5.74) is 2.53. The van der Waals surface area contributed by atoms with E-state index < -0.39 is 6.36 Å². The largest absolute Gasteiger partial charge is 0.573 e. The maximum absolute atomic E-state index is 12.1. The van der Waals surface area contributed by atoms with Crippen molar-refractivity contribution in [2.45, 2.75) is 19.8 Å². The first-order valence-corrected chi connectivity index (χ1v) is 5.92. The average molecular weight is 285 g/mol. The number of aromatic nitrogens is 2. The van der Waals surface area contributed by atoms with Crippen LogP contribution < -0.4 is 10.1 Å². The molecule has 0 atom stereocenters. The van der Waals surface area contributed by atoms with Gasteiger partial charge in [-0.1, -0.05) is 6.07 Å². The number of nitrogens with one attached hydrogen (secondary N) is 1. The van der Waals surface area contributed by atoms with Crippen molar-refractivity contribution < 1.29 is 17.9 Å². The minimum atomic E-state index is -4.68. The van der Waals surface area contributed by atoms with Gasteiger partial charge in [-0.15, -0.1) is 13.2 Å². The molecular formula is C13H14F3N3O. The zero-order valence-corrected chi connectivity index (χ0v) is 11.0. The molecule has 0 fully saturated rings. The van der Waals surface area contributed by atoms with Crippen LogP contribution in [0.3, 0.4) is 0 Å². The topological polar surface area (TPSA) is 39.1 Å². The van der Waals surface area contributed by atoms with Gasteiger partial charge >= 0.3 is 6.36 Å². The Morgan fingerprint density at radius 3 is 2.70 bits per heavy atom. The molecule has 0 spiro atoms. The van der Waals surface area contributed by atoms with Crippen LogP contribution in [-0.4, -0.2) is 16.1 Å². The number of aryl methyl sites for hydroxylation is 1. The number of halogens is 3. The van der Waals surface area contributed by atoms with Crippen LogP contribution in [0.1, 0.15) is 11.3 Å². The van der Waals surface area contributed by atoms with E-state index in [0.717, 1.165) is 11.3 Å². The van der Waals surface area contributed by atoms with E-state index in [9.17, 15) is 13.2 Å². The highest BCUT2D eigenvalue weighted by Crippen LogP contribution is 2.25. The maximum Gasteiger partial charge on any atom is 0.573 e. The van der Waals surface area contributed by atoms with E-state index in [4.69, 9.17) is 0 Å². The molecule has 2 rings (SSSR count). The lowest BCUT2D eigenvalue weighted by atomic mass is 10.2. The standard InChI is InChI=1S/C13H14F3N3O/c1-9-10(8-18-19(9)2)7-17-11-4-3-5-12(6-11)20-13(14,15)16/h3-6,8,17H,7H2,1-2H3. The van der Waals surface area contributed by atoms with Crippen LogP contribution in [0.25, 0.3) is 0 Å². The molecular weight excluding hydrogens is 271 g/mol. The third kappa shape index (κ3) is 3.66. The number of nitrogens with zero attached hydrogens (tertiary/aromatic N) is 2. The molecule has 1 N–H and O–H groups in total. The van der Waals surface area contributed by atoms with Crippen molar-refractivity contribution in [3.63, 3.8) is 0 Å². The second-order valence-electron chi connectivity index (χ2n) is 4.31. The molecule has 0 aliphatic heterocycles. The summed E-state index contributed by atoms with van der Waals surface area (Å²) in [6, 6.07) is 5.74. The highest BCUT2D eigenvalue weighted by atomic mass is 19.4. The first kappa shape index (κ1) is 14.2. The van der Waals surface area contributed by atoms with Crippen molar-refractivity contribution in [1.29, 1.82) is 0 Å². The zero-order chi connectivity index (χ0) is 14.8. The number of anilines is 1. The first-order valence-electron chi connectivity index (χ1n) is 5.92. The Hall–Kier alpha value is -2.18. The van der Waals surface area contributed by atoms with Crippen LogP contribution in [-0.2, 0) is 13.6 Å². The van der Waals surface area contributed by atoms with Crippen molar-refractivity contribution in [2.75, 3.05) is 5.32 Å². The predicted octanol–water partition coefficient (Wildman–Crippen LogP) is 3.24. The molecule has 20 heavy (non-hydrogen) atoms. The van der Waals surface area contributed by atoms with Gasteiger partial charge < -0.3 is 10.1 Å². The number of ether oxygens (including phenoxy) is 1. The lowest BCUT2D eigenvalue weighted by molar-refractivity contribution is -0.274. The van der Waals surface area contributed by atoms with Crippen LogP contribution in [0.5, 0.6) is 5.75 Å². The molecule has 1 aromatic carbocycles. The Bertz CT molecular complexity index is 593. The van der Waals surface area contributed by atoms with Crippen LogP contribution in [0.2, 0.25) is 0 Å². The van der Waals surface area contributed by atoms with Crippen LogP contribution in [0.4, 0.5) is 18.9 Å². The van der Waals surface area contributed by atoms with Gasteiger partial charge in [-0.3, -0.25) is 4.68 Å². The minimum absolute atomic E-state index is 0.245. The number of rotatable bonds is 4. The summed E-state index contributed by atoms with van der Waals surface area (Å²) in [6.45, 7) is 2.41. The van der Waals surface area contributed by atoms with Crippen molar-refractivity contribution in [3.05, 3.63) is 41.7 Å². The number of hydrogen-bond donors (Lipinski definition) is 1. The van der Waals surface area contributed by atoms with Crippen molar-refractivity contribution >= 4 is 5.69 Å². The Balaban J connectivity index is 2.03. The van der Waals surface area contributed by atoms with E-state index >= 15 is 0 Å². The Labute approximate surface area is 114 Å². The van der Waals surface area contributed by atoms with Crippen LogP contribution in [0.15, 0.2) is 30.5 Å². The summed E-state index contributed by atoms with van der Waals surface area (Å²) in [5.74, 6) is -0.245. The number of hydrogen-bond acceptors (Lipinski definition) is 3. The molecule has 0 saturated carbocycles. The molecule has 108 valence electrons. The molecule has 0 aliphatic rings. The Morgan fingerprint density at radius 1 is 1.35 bits per heavy atom. The summed E-state index contributed by atoms with van der Waals surface area (Å²) in [7, 11) is 1.83. The smallest absolute Gasteiger partial charge is 0.406 e. The molecule has 1 aromatic heterocycles.